The molecule has 0 N–H and O–H groups in total. The molecule has 1 atom stereocenters. The van der Waals surface area contributed by atoms with Crippen molar-refractivity contribution in [2.45, 2.75) is 33.6 Å². The maximum absolute atomic E-state index is 5.10. The Kier molecular flexibility index (Phi) is 8.20. The number of rotatable bonds is 2. The first-order valence-electron chi connectivity index (χ1n) is 5.73. The average Bonchev–Trinajstić information content (AvgIpc) is 2.03. The molecule has 1 unspecified atom stereocenters. The highest BCUT2D eigenvalue weighted by atomic mass is 16.5. The number of likely N-dealkylation sites (tertiary alicyclic amines) is 1. The van der Waals surface area contributed by atoms with E-state index in [-0.39, 0.29) is 0 Å². The zero-order valence-electron chi connectivity index (χ0n) is 10.5. The summed E-state index contributed by atoms with van der Waals surface area (Å²) in [5.74, 6) is 1.61. The lowest BCUT2D eigenvalue weighted by molar-refractivity contribution is 0.102. The third-order valence-corrected chi connectivity index (χ3v) is 2.12. The van der Waals surface area contributed by atoms with Crippen molar-refractivity contribution in [3.8, 4) is 0 Å². The zero-order chi connectivity index (χ0) is 11.0. The molecule has 2 heteroatoms. The van der Waals surface area contributed by atoms with Gasteiger partial charge < -0.3 is 9.64 Å². The second kappa shape index (κ2) is 8.25. The molecular weight excluding hydrogens is 174 g/mol. The molecule has 0 aliphatic carbocycles. The predicted molar refractivity (Wildman–Crippen MR) is 62.6 cm³/mol. The second-order valence-corrected chi connectivity index (χ2v) is 4.96. The van der Waals surface area contributed by atoms with E-state index in [1.807, 2.05) is 0 Å². The second-order valence-electron chi connectivity index (χ2n) is 4.96. The van der Waals surface area contributed by atoms with Gasteiger partial charge in [0.15, 0.2) is 0 Å². The van der Waals surface area contributed by atoms with Crippen LogP contribution in [0.5, 0.6) is 0 Å². The van der Waals surface area contributed by atoms with Crippen LogP contribution in [0.25, 0.3) is 0 Å². The Labute approximate surface area is 89.6 Å². The lowest BCUT2D eigenvalue weighted by atomic mass is 10.00. The van der Waals surface area contributed by atoms with Crippen LogP contribution in [0.2, 0.25) is 0 Å². The Hall–Kier alpha value is -0.0800. The number of hydrogen-bond donors (Lipinski definition) is 0. The lowest BCUT2D eigenvalue weighted by Gasteiger charge is -2.28. The summed E-state index contributed by atoms with van der Waals surface area (Å²) < 4.78 is 5.10. The molecule has 86 valence electrons. The maximum atomic E-state index is 5.10. The first kappa shape index (κ1) is 13.9. The monoisotopic (exact) mass is 201 g/mol. The van der Waals surface area contributed by atoms with E-state index in [4.69, 9.17) is 4.74 Å². The molecule has 2 nitrogen and oxygen atoms in total. The van der Waals surface area contributed by atoms with E-state index < -0.39 is 0 Å². The van der Waals surface area contributed by atoms with Crippen molar-refractivity contribution in [2.24, 2.45) is 11.8 Å². The molecule has 0 radical (unpaired) electrons. The Bertz CT molecular complexity index is 121. The first-order chi connectivity index (χ1) is 6.56. The molecule has 14 heavy (non-hydrogen) atoms. The number of methoxy groups -OCH3 is 1. The number of nitrogens with zero attached hydrogens (tertiary/aromatic N) is 1. The van der Waals surface area contributed by atoms with Crippen LogP contribution in [-0.4, -0.2) is 38.8 Å². The molecule has 1 aliphatic heterocycles. The quantitative estimate of drug-likeness (QED) is 0.681. The Balaban J connectivity index is 0.000000364. The molecule has 0 aromatic carbocycles. The summed E-state index contributed by atoms with van der Waals surface area (Å²) in [4.78, 5) is 2.38. The van der Waals surface area contributed by atoms with Gasteiger partial charge in [-0.3, -0.25) is 0 Å². The Morgan fingerprint density at radius 2 is 1.93 bits per heavy atom. The van der Waals surface area contributed by atoms with Crippen LogP contribution in [-0.2, 0) is 4.74 Å². The summed E-state index contributed by atoms with van der Waals surface area (Å²) in [6.45, 7) is 9.92. The van der Waals surface area contributed by atoms with Crippen molar-refractivity contribution < 1.29 is 4.74 Å². The average molecular weight is 201 g/mol. The molecule has 0 aromatic rings. The van der Waals surface area contributed by atoms with Crippen LogP contribution < -0.4 is 0 Å². The number of hydrogen-bond acceptors (Lipinski definition) is 2. The summed E-state index contributed by atoms with van der Waals surface area (Å²) >= 11 is 0. The van der Waals surface area contributed by atoms with Crippen LogP contribution in [0.4, 0.5) is 0 Å². The minimum atomic E-state index is 0.781. The Morgan fingerprint density at radius 1 is 1.36 bits per heavy atom. The van der Waals surface area contributed by atoms with Gasteiger partial charge >= 0.3 is 0 Å². The van der Waals surface area contributed by atoms with Gasteiger partial charge in [0, 0.05) is 13.7 Å². The molecule has 1 heterocycles. The maximum Gasteiger partial charge on any atom is 0.0502 e. The fourth-order valence-corrected chi connectivity index (χ4v) is 1.64. The van der Waals surface area contributed by atoms with Gasteiger partial charge in [0.1, 0.15) is 0 Å². The fraction of sp³-hybridized carbons (Fsp3) is 1.00. The largest absolute Gasteiger partial charge is 0.384 e. The minimum Gasteiger partial charge on any atom is -0.384 e. The van der Waals surface area contributed by atoms with Gasteiger partial charge in [-0.05, 0) is 38.3 Å². The highest BCUT2D eigenvalue weighted by molar-refractivity contribution is 4.69. The van der Waals surface area contributed by atoms with Crippen molar-refractivity contribution in [3.05, 3.63) is 0 Å². The summed E-state index contributed by atoms with van der Waals surface area (Å²) in [6, 6.07) is 0. The summed E-state index contributed by atoms with van der Waals surface area (Å²) in [5.41, 5.74) is 0. The van der Waals surface area contributed by atoms with E-state index in [0.29, 0.717) is 0 Å². The van der Waals surface area contributed by atoms with Gasteiger partial charge in [-0.25, -0.2) is 0 Å². The fourth-order valence-electron chi connectivity index (χ4n) is 1.64. The van der Waals surface area contributed by atoms with E-state index in [9.17, 15) is 0 Å². The normalized spacial score (nSPS) is 23.1. The lowest BCUT2D eigenvalue weighted by Crippen LogP contribution is -2.33. The zero-order valence-corrected chi connectivity index (χ0v) is 10.5. The number of ether oxygens (including phenoxy) is 1. The first-order valence-corrected chi connectivity index (χ1v) is 5.73. The van der Waals surface area contributed by atoms with Gasteiger partial charge in [-0.2, -0.15) is 0 Å². The van der Waals surface area contributed by atoms with E-state index >= 15 is 0 Å². The standard InChI is InChI=1S/C8H17NO.C4H10/c1-9-5-3-4-8(6-9)7-10-2;1-4(2)3/h8H,3-7H2,1-2H3;4H,1-3H3. The van der Waals surface area contributed by atoms with Crippen LogP contribution in [0.1, 0.15) is 33.6 Å². The summed E-state index contributed by atoms with van der Waals surface area (Å²) in [7, 11) is 3.97. The molecule has 1 aliphatic rings. The van der Waals surface area contributed by atoms with Gasteiger partial charge in [0.05, 0.1) is 6.61 Å². The molecule has 1 fully saturated rings. The topological polar surface area (TPSA) is 12.5 Å². The van der Waals surface area contributed by atoms with Crippen LogP contribution in [0, 0.1) is 11.8 Å². The van der Waals surface area contributed by atoms with Crippen LogP contribution in [0.3, 0.4) is 0 Å². The molecule has 0 bridgehead atoms. The summed E-state index contributed by atoms with van der Waals surface area (Å²) in [5, 5.41) is 0. The molecule has 0 spiro atoms. The van der Waals surface area contributed by atoms with E-state index in [2.05, 4.69) is 32.7 Å². The molecular formula is C12H27NO. The molecule has 0 aromatic heterocycles. The van der Waals surface area contributed by atoms with E-state index in [0.717, 1.165) is 18.4 Å². The predicted octanol–water partition coefficient (Wildman–Crippen LogP) is 2.64. The van der Waals surface area contributed by atoms with E-state index in [1.165, 1.54) is 25.9 Å². The smallest absolute Gasteiger partial charge is 0.0502 e. The van der Waals surface area contributed by atoms with Crippen LogP contribution in [0.15, 0.2) is 0 Å². The van der Waals surface area contributed by atoms with Gasteiger partial charge in [-0.1, -0.05) is 20.8 Å². The van der Waals surface area contributed by atoms with Crippen molar-refractivity contribution in [1.29, 1.82) is 0 Å². The minimum absolute atomic E-state index is 0.781. The molecule has 0 amide bonds. The highest BCUT2D eigenvalue weighted by Gasteiger charge is 2.15. The third-order valence-electron chi connectivity index (χ3n) is 2.12. The van der Waals surface area contributed by atoms with Gasteiger partial charge in [0.25, 0.3) is 0 Å². The summed E-state index contributed by atoms with van der Waals surface area (Å²) in [6.07, 6.45) is 2.68. The van der Waals surface area contributed by atoms with E-state index in [1.54, 1.807) is 7.11 Å². The van der Waals surface area contributed by atoms with Crippen molar-refractivity contribution in [1.82, 2.24) is 4.90 Å². The Morgan fingerprint density at radius 3 is 2.36 bits per heavy atom. The van der Waals surface area contributed by atoms with Crippen LogP contribution >= 0.6 is 0 Å². The highest BCUT2D eigenvalue weighted by Crippen LogP contribution is 2.14. The van der Waals surface area contributed by atoms with Crippen molar-refractivity contribution in [2.75, 3.05) is 33.9 Å². The van der Waals surface area contributed by atoms with Crippen molar-refractivity contribution in [3.63, 3.8) is 0 Å². The number of piperidine rings is 1. The third kappa shape index (κ3) is 8.52. The molecule has 1 saturated heterocycles. The van der Waals surface area contributed by atoms with Gasteiger partial charge in [-0.15, -0.1) is 0 Å². The SMILES string of the molecule is CC(C)C.COCC1CCCN(C)C1. The van der Waals surface area contributed by atoms with Crippen molar-refractivity contribution >= 4 is 0 Å². The molecule has 1 rings (SSSR count). The molecule has 0 saturated carbocycles. The van der Waals surface area contributed by atoms with Gasteiger partial charge in [0.2, 0.25) is 0 Å².